The van der Waals surface area contributed by atoms with Crippen molar-refractivity contribution in [3.63, 3.8) is 0 Å². The van der Waals surface area contributed by atoms with Gasteiger partial charge in [0.05, 0.1) is 29.8 Å². The Morgan fingerprint density at radius 2 is 1.80 bits per heavy atom. The Morgan fingerprint density at radius 3 is 2.58 bits per heavy atom. The molecule has 2 aliphatic heterocycles. The highest BCUT2D eigenvalue weighted by molar-refractivity contribution is 7.98. The van der Waals surface area contributed by atoms with Gasteiger partial charge < -0.3 is 19.7 Å². The smallest absolute Gasteiger partial charge is 0.275 e. The van der Waals surface area contributed by atoms with Crippen molar-refractivity contribution in [1.29, 1.82) is 0 Å². The summed E-state index contributed by atoms with van der Waals surface area (Å²) in [6.45, 7) is 3.89. The van der Waals surface area contributed by atoms with Crippen LogP contribution in [0.3, 0.4) is 0 Å². The third kappa shape index (κ3) is 3.85. The predicted octanol–water partition coefficient (Wildman–Crippen LogP) is 6.06. The van der Waals surface area contributed by atoms with E-state index in [1.807, 2.05) is 60.7 Å². The lowest BCUT2D eigenvalue weighted by Gasteiger charge is -2.32. The monoisotopic (exact) mass is 556 g/mol. The molecule has 0 atom stereocenters. The lowest BCUT2D eigenvalue weighted by atomic mass is 9.99. The van der Waals surface area contributed by atoms with Gasteiger partial charge in [0.1, 0.15) is 11.3 Å². The molecule has 3 aromatic heterocycles. The zero-order chi connectivity index (χ0) is 27.7. The van der Waals surface area contributed by atoms with Crippen LogP contribution in [0.5, 0.6) is 0 Å². The molecule has 0 saturated carbocycles. The van der Waals surface area contributed by atoms with E-state index < -0.39 is 11.6 Å². The van der Waals surface area contributed by atoms with Crippen LogP contribution in [0, 0.1) is 18.6 Å². The molecule has 10 heteroatoms. The second-order valence-electron chi connectivity index (χ2n) is 10.3. The van der Waals surface area contributed by atoms with Gasteiger partial charge in [-0.1, -0.05) is 17.7 Å². The summed E-state index contributed by atoms with van der Waals surface area (Å²) in [6, 6.07) is 13.1. The van der Waals surface area contributed by atoms with Crippen LogP contribution in [0.1, 0.15) is 11.1 Å². The minimum absolute atomic E-state index is 0.0284. The molecule has 2 aromatic carbocycles. The van der Waals surface area contributed by atoms with E-state index in [0.717, 1.165) is 75.0 Å². The summed E-state index contributed by atoms with van der Waals surface area (Å²) in [6.07, 6.45) is 4.83. The third-order valence-corrected chi connectivity index (χ3v) is 8.60. The molecule has 0 spiro atoms. The number of anilines is 4. The molecular formula is C30H26F2N6OS. The van der Waals surface area contributed by atoms with E-state index in [-0.39, 0.29) is 17.9 Å². The van der Waals surface area contributed by atoms with Crippen molar-refractivity contribution in [3.8, 4) is 11.1 Å². The highest BCUT2D eigenvalue weighted by Crippen LogP contribution is 2.48. The predicted molar refractivity (Wildman–Crippen MR) is 157 cm³/mol. The largest absolute Gasteiger partial charge is 0.382 e. The number of nitrogens with one attached hydrogen (secondary N) is 1. The molecular weight excluding hydrogens is 530 g/mol. The van der Waals surface area contributed by atoms with Crippen molar-refractivity contribution >= 4 is 45.7 Å². The minimum Gasteiger partial charge on any atom is -0.382 e. The van der Waals surface area contributed by atoms with E-state index in [0.29, 0.717) is 5.52 Å². The Morgan fingerprint density at radius 1 is 1.00 bits per heavy atom. The van der Waals surface area contributed by atoms with E-state index in [1.165, 1.54) is 11.9 Å². The number of likely N-dealkylation sites (N-methyl/N-ethyl adjacent to an activating group) is 1. The summed E-state index contributed by atoms with van der Waals surface area (Å²) >= 11 is 1.46. The van der Waals surface area contributed by atoms with Gasteiger partial charge in [-0.2, -0.15) is 0 Å². The second kappa shape index (κ2) is 9.12. The first-order valence-electron chi connectivity index (χ1n) is 13.0. The summed E-state index contributed by atoms with van der Waals surface area (Å²) in [5.41, 5.74) is 6.81. The Bertz CT molecular complexity index is 1880. The maximum Gasteiger partial charge on any atom is 0.275 e. The lowest BCUT2D eigenvalue weighted by molar-refractivity contribution is 0.571. The van der Waals surface area contributed by atoms with Crippen molar-refractivity contribution in [1.82, 2.24) is 13.5 Å². The number of rotatable bonds is 3. The summed E-state index contributed by atoms with van der Waals surface area (Å²) in [5.74, 6) is -1.46. The first-order valence-corrected chi connectivity index (χ1v) is 13.8. The second-order valence-corrected chi connectivity index (χ2v) is 11.4. The molecule has 0 unspecified atom stereocenters. The number of hydrogen-bond donors (Lipinski definition) is 1. The lowest BCUT2D eigenvalue weighted by Crippen LogP contribution is -2.31. The number of fused-ring (bicyclic) bond motifs is 3. The van der Waals surface area contributed by atoms with Crippen LogP contribution in [-0.2, 0) is 13.6 Å². The molecule has 0 saturated heterocycles. The summed E-state index contributed by atoms with van der Waals surface area (Å²) in [4.78, 5) is 22.7. The van der Waals surface area contributed by atoms with Crippen molar-refractivity contribution in [2.24, 2.45) is 7.05 Å². The van der Waals surface area contributed by atoms with Crippen molar-refractivity contribution < 1.29 is 8.78 Å². The van der Waals surface area contributed by atoms with E-state index in [1.54, 1.807) is 16.5 Å². The quantitative estimate of drug-likeness (QED) is 0.292. The van der Waals surface area contributed by atoms with Gasteiger partial charge in [0.15, 0.2) is 11.6 Å². The molecule has 0 fully saturated rings. The average Bonchev–Trinajstić information content (AvgIpc) is 3.22. The van der Waals surface area contributed by atoms with Crippen LogP contribution in [0.2, 0.25) is 0 Å². The molecule has 7 nitrogen and oxygen atoms in total. The number of aromatic nitrogens is 3. The molecule has 202 valence electrons. The van der Waals surface area contributed by atoms with Gasteiger partial charge in [-0.15, -0.1) is 0 Å². The zero-order valence-electron chi connectivity index (χ0n) is 22.2. The number of halogens is 2. The summed E-state index contributed by atoms with van der Waals surface area (Å²) in [7, 11) is 3.77. The third-order valence-electron chi connectivity index (χ3n) is 7.63. The maximum absolute atomic E-state index is 15.3. The molecule has 2 aliphatic rings. The first kappa shape index (κ1) is 24.7. The number of nitrogens with zero attached hydrogens (tertiary/aromatic N) is 5. The van der Waals surface area contributed by atoms with E-state index in [4.69, 9.17) is 0 Å². The fraction of sp³-hybridized carbons (Fsp3) is 0.200. The molecule has 0 bridgehead atoms. The van der Waals surface area contributed by atoms with E-state index in [2.05, 4.69) is 21.3 Å². The average molecular weight is 557 g/mol. The summed E-state index contributed by atoms with van der Waals surface area (Å²) in [5, 5.41) is 4.30. The van der Waals surface area contributed by atoms with Crippen LogP contribution >= 0.6 is 11.9 Å². The zero-order valence-corrected chi connectivity index (χ0v) is 23.0. The van der Waals surface area contributed by atoms with E-state index >= 15 is 4.39 Å². The Kier molecular flexibility index (Phi) is 5.64. The molecule has 40 heavy (non-hydrogen) atoms. The van der Waals surface area contributed by atoms with Gasteiger partial charge >= 0.3 is 0 Å². The molecule has 5 aromatic rings. The molecule has 1 N–H and O–H groups in total. The maximum atomic E-state index is 15.3. The Hall–Kier alpha value is -4.31. The van der Waals surface area contributed by atoms with Crippen molar-refractivity contribution in [3.05, 3.63) is 94.2 Å². The van der Waals surface area contributed by atoms with Crippen LogP contribution < -0.4 is 20.7 Å². The minimum atomic E-state index is -0.749. The topological polar surface area (TPSA) is 58.3 Å². The van der Waals surface area contributed by atoms with Gasteiger partial charge in [0, 0.05) is 67.1 Å². The first-order chi connectivity index (χ1) is 19.3. The number of pyridine rings is 2. The number of aryl methyl sites for hydroxylation is 2. The molecule has 0 aliphatic carbocycles. The standard InChI is InChI=1S/C30H26F2N6OS/c1-17-4-6-20(7-5-17)40-38-15-18-14-37(29-23(32)10-19(31)13-34-29)25-12-26-24(33-8-9-35(26)2)11-21(25)22-16-36(3)30(39)28(38)27(18)22/h4-7,10-13,15-16,33H,8-9,14H2,1-3H3. The molecule has 0 amide bonds. The fourth-order valence-corrected chi connectivity index (χ4v) is 6.56. The van der Waals surface area contributed by atoms with Crippen LogP contribution in [0.4, 0.5) is 31.7 Å². The van der Waals surface area contributed by atoms with Crippen molar-refractivity contribution in [2.45, 2.75) is 18.4 Å². The highest BCUT2D eigenvalue weighted by atomic mass is 32.2. The highest BCUT2D eigenvalue weighted by Gasteiger charge is 2.31. The Balaban J connectivity index is 1.52. The molecule has 7 rings (SSSR count). The SMILES string of the molecule is Cc1ccc(Sn2cc3c4c(cn(C)c(=O)c42)-c2cc4c(cc2N(c2ncc(F)cc2F)C3)N(C)CCN4)cc1. The normalized spacial score (nSPS) is 14.1. The number of hydrogen-bond acceptors (Lipinski definition) is 6. The van der Waals surface area contributed by atoms with Gasteiger partial charge in [-0.05, 0) is 48.7 Å². The molecule has 0 radical (unpaired) electrons. The number of benzene rings is 2. The van der Waals surface area contributed by atoms with Gasteiger partial charge in [-0.25, -0.2) is 13.8 Å². The van der Waals surface area contributed by atoms with Crippen molar-refractivity contribution in [2.75, 3.05) is 35.3 Å². The van der Waals surface area contributed by atoms with Gasteiger partial charge in [0.2, 0.25) is 0 Å². The van der Waals surface area contributed by atoms with Gasteiger partial charge in [0.25, 0.3) is 5.56 Å². The van der Waals surface area contributed by atoms with Crippen LogP contribution in [0.15, 0.2) is 70.7 Å². The Labute approximate surface area is 233 Å². The van der Waals surface area contributed by atoms with Gasteiger partial charge in [-0.3, -0.25) is 8.77 Å². The van der Waals surface area contributed by atoms with E-state index in [9.17, 15) is 9.18 Å². The fourth-order valence-electron chi connectivity index (χ4n) is 5.63. The molecule has 5 heterocycles. The van der Waals surface area contributed by atoms with Crippen LogP contribution in [0.25, 0.3) is 22.0 Å². The summed E-state index contributed by atoms with van der Waals surface area (Å²) < 4.78 is 32.7. The van der Waals surface area contributed by atoms with Crippen LogP contribution in [-0.4, -0.2) is 33.7 Å².